The summed E-state index contributed by atoms with van der Waals surface area (Å²) in [6.45, 7) is 4.06. The number of nitrogens with one attached hydrogen (secondary N) is 1. The zero-order valence-electron chi connectivity index (χ0n) is 15.6. The van der Waals surface area contributed by atoms with Crippen LogP contribution in [-0.4, -0.2) is 47.4 Å². The number of benzene rings is 1. The summed E-state index contributed by atoms with van der Waals surface area (Å²) in [7, 11) is 0. The Kier molecular flexibility index (Phi) is 4.63. The van der Waals surface area contributed by atoms with Gasteiger partial charge in [0.1, 0.15) is 0 Å². The summed E-state index contributed by atoms with van der Waals surface area (Å²) in [5.74, 6) is 0.361. The van der Waals surface area contributed by atoms with Crippen LogP contribution in [0.5, 0.6) is 0 Å². The van der Waals surface area contributed by atoms with E-state index >= 15 is 0 Å². The third-order valence-corrected chi connectivity index (χ3v) is 6.55. The molecule has 1 spiro atoms. The van der Waals surface area contributed by atoms with Crippen molar-refractivity contribution >= 4 is 11.9 Å². The second kappa shape index (κ2) is 6.93. The van der Waals surface area contributed by atoms with Crippen LogP contribution in [0.3, 0.4) is 0 Å². The van der Waals surface area contributed by atoms with E-state index in [1.54, 1.807) is 0 Å². The summed E-state index contributed by atoms with van der Waals surface area (Å²) in [5.41, 5.74) is 1.12. The van der Waals surface area contributed by atoms with Crippen LogP contribution in [0.25, 0.3) is 0 Å². The van der Waals surface area contributed by atoms with E-state index in [4.69, 9.17) is 0 Å². The van der Waals surface area contributed by atoms with Crippen molar-refractivity contribution < 1.29 is 9.59 Å². The van der Waals surface area contributed by atoms with Crippen molar-refractivity contribution in [1.29, 1.82) is 0 Å². The summed E-state index contributed by atoms with van der Waals surface area (Å²) in [6.07, 6.45) is 6.14. The zero-order chi connectivity index (χ0) is 18.1. The Morgan fingerprint density at radius 3 is 2.42 bits per heavy atom. The van der Waals surface area contributed by atoms with Gasteiger partial charge in [-0.25, -0.2) is 4.79 Å². The molecule has 1 saturated carbocycles. The predicted molar refractivity (Wildman–Crippen MR) is 101 cm³/mol. The highest BCUT2D eigenvalue weighted by Crippen LogP contribution is 2.60. The lowest BCUT2D eigenvalue weighted by Gasteiger charge is -2.59. The number of carbonyl (C=O) groups excluding carboxylic acids is 2. The van der Waals surface area contributed by atoms with Gasteiger partial charge >= 0.3 is 6.03 Å². The van der Waals surface area contributed by atoms with Crippen LogP contribution in [0.1, 0.15) is 57.1 Å². The number of likely N-dealkylation sites (tertiary alicyclic amines) is 2. The molecule has 2 aliphatic heterocycles. The molecule has 4 rings (SSSR count). The topological polar surface area (TPSA) is 52.7 Å². The van der Waals surface area contributed by atoms with Crippen molar-refractivity contribution in [3.8, 4) is 0 Å². The summed E-state index contributed by atoms with van der Waals surface area (Å²) in [6, 6.07) is 11.0. The second-order valence-electron chi connectivity index (χ2n) is 7.94. The number of amides is 3. The van der Waals surface area contributed by atoms with Crippen LogP contribution in [0.2, 0.25) is 0 Å². The molecule has 1 unspecified atom stereocenters. The molecule has 1 N–H and O–H groups in total. The number of β-lactam (4-membered cyclic amide) rings is 1. The van der Waals surface area contributed by atoms with E-state index in [2.05, 4.69) is 34.5 Å². The van der Waals surface area contributed by atoms with Gasteiger partial charge in [-0.2, -0.15) is 0 Å². The molecule has 3 aliphatic rings. The molecule has 2 saturated heterocycles. The summed E-state index contributed by atoms with van der Waals surface area (Å²) >= 11 is 0. The zero-order valence-corrected chi connectivity index (χ0v) is 15.6. The van der Waals surface area contributed by atoms with Gasteiger partial charge in [-0.05, 0) is 38.2 Å². The molecule has 3 amide bonds. The third-order valence-electron chi connectivity index (χ3n) is 6.55. The van der Waals surface area contributed by atoms with E-state index in [0.29, 0.717) is 12.5 Å². The lowest BCUT2D eigenvalue weighted by molar-refractivity contribution is -0.180. The minimum Gasteiger partial charge on any atom is -0.338 e. The van der Waals surface area contributed by atoms with Crippen LogP contribution < -0.4 is 5.32 Å². The van der Waals surface area contributed by atoms with Crippen molar-refractivity contribution in [3.05, 3.63) is 35.9 Å². The molecule has 3 fully saturated rings. The van der Waals surface area contributed by atoms with E-state index in [9.17, 15) is 9.59 Å². The number of urea groups is 1. The van der Waals surface area contributed by atoms with Gasteiger partial charge in [0, 0.05) is 25.7 Å². The number of piperidine rings is 1. The first-order chi connectivity index (χ1) is 12.7. The van der Waals surface area contributed by atoms with E-state index in [1.807, 2.05) is 17.9 Å². The van der Waals surface area contributed by atoms with Crippen molar-refractivity contribution in [1.82, 2.24) is 15.1 Å². The molecule has 5 heteroatoms. The third kappa shape index (κ3) is 2.68. The summed E-state index contributed by atoms with van der Waals surface area (Å²) in [5, 5.41) is 2.88. The molecule has 1 aromatic carbocycles. The second-order valence-corrected chi connectivity index (χ2v) is 7.94. The number of hydrogen-bond donors (Lipinski definition) is 1. The molecule has 26 heavy (non-hydrogen) atoms. The van der Waals surface area contributed by atoms with Gasteiger partial charge in [0.15, 0.2) is 0 Å². The summed E-state index contributed by atoms with van der Waals surface area (Å²) < 4.78 is 0. The number of rotatable bonds is 3. The van der Waals surface area contributed by atoms with E-state index in [-0.39, 0.29) is 23.5 Å². The minimum absolute atomic E-state index is 0.0211. The lowest BCUT2D eigenvalue weighted by Crippen LogP contribution is -2.66. The van der Waals surface area contributed by atoms with Crippen molar-refractivity contribution in [2.75, 3.05) is 19.6 Å². The maximum absolute atomic E-state index is 13.2. The summed E-state index contributed by atoms with van der Waals surface area (Å²) in [4.78, 5) is 29.3. The highest BCUT2D eigenvalue weighted by Gasteiger charge is 2.63. The Balaban J connectivity index is 1.51. The first kappa shape index (κ1) is 17.4. The van der Waals surface area contributed by atoms with Gasteiger partial charge in [-0.3, -0.25) is 4.79 Å². The molecule has 5 nitrogen and oxygen atoms in total. The first-order valence-electron chi connectivity index (χ1n) is 10.1. The van der Waals surface area contributed by atoms with Gasteiger partial charge < -0.3 is 15.1 Å². The molecular weight excluding hydrogens is 326 g/mol. The van der Waals surface area contributed by atoms with Crippen LogP contribution in [0.4, 0.5) is 4.79 Å². The fourth-order valence-corrected chi connectivity index (χ4v) is 5.29. The molecule has 0 bridgehead atoms. The molecule has 0 radical (unpaired) electrons. The van der Waals surface area contributed by atoms with Gasteiger partial charge in [0.25, 0.3) is 0 Å². The van der Waals surface area contributed by atoms with E-state index in [0.717, 1.165) is 38.8 Å². The van der Waals surface area contributed by atoms with Gasteiger partial charge in [0.05, 0.1) is 11.5 Å². The highest BCUT2D eigenvalue weighted by molar-refractivity contribution is 5.91. The van der Waals surface area contributed by atoms with Crippen LogP contribution in [-0.2, 0) is 4.79 Å². The Morgan fingerprint density at radius 2 is 1.81 bits per heavy atom. The van der Waals surface area contributed by atoms with E-state index < -0.39 is 0 Å². The average molecular weight is 355 g/mol. The molecule has 140 valence electrons. The van der Waals surface area contributed by atoms with Crippen LogP contribution >= 0.6 is 0 Å². The van der Waals surface area contributed by atoms with Gasteiger partial charge in [-0.1, -0.05) is 43.2 Å². The first-order valence-corrected chi connectivity index (χ1v) is 10.1. The molecule has 1 atom stereocenters. The molecule has 1 aromatic rings. The Labute approximate surface area is 155 Å². The Bertz CT molecular complexity index is 661. The normalized spacial score (nSPS) is 25.4. The van der Waals surface area contributed by atoms with Crippen LogP contribution in [0.15, 0.2) is 30.3 Å². The highest BCUT2D eigenvalue weighted by atomic mass is 16.2. The van der Waals surface area contributed by atoms with Gasteiger partial charge in [-0.15, -0.1) is 0 Å². The largest absolute Gasteiger partial charge is 0.338 e. The molecular formula is C21H29N3O2. The molecule has 1 aliphatic carbocycles. The maximum atomic E-state index is 13.2. The SMILES string of the molecule is CCNC(=O)N1CCC(N2C(=O)C3(CCCC3)C2c2ccccc2)CC1. The van der Waals surface area contributed by atoms with Gasteiger partial charge in [0.2, 0.25) is 5.91 Å². The van der Waals surface area contributed by atoms with Crippen molar-refractivity contribution in [2.24, 2.45) is 5.41 Å². The average Bonchev–Trinajstić information content (AvgIpc) is 3.19. The number of carbonyl (C=O) groups is 2. The fourth-order valence-electron chi connectivity index (χ4n) is 5.29. The van der Waals surface area contributed by atoms with Crippen LogP contribution in [0, 0.1) is 5.41 Å². The van der Waals surface area contributed by atoms with Crippen molar-refractivity contribution in [2.45, 2.75) is 57.5 Å². The van der Waals surface area contributed by atoms with E-state index in [1.165, 1.54) is 18.4 Å². The Morgan fingerprint density at radius 1 is 1.15 bits per heavy atom. The molecule has 2 heterocycles. The standard InChI is InChI=1S/C21H29N3O2/c1-2-22-20(26)23-14-10-17(11-15-23)24-18(16-8-4-3-5-9-16)21(19(24)25)12-6-7-13-21/h3-5,8-9,17-18H,2,6-7,10-15H2,1H3,(H,22,26). The quantitative estimate of drug-likeness (QED) is 0.846. The van der Waals surface area contributed by atoms with Crippen molar-refractivity contribution in [3.63, 3.8) is 0 Å². The number of nitrogens with zero attached hydrogens (tertiary/aromatic N) is 2. The monoisotopic (exact) mass is 355 g/mol. The fraction of sp³-hybridized carbons (Fsp3) is 0.619. The number of hydrogen-bond acceptors (Lipinski definition) is 2. The Hall–Kier alpha value is -2.04. The molecule has 0 aromatic heterocycles. The minimum atomic E-state index is -0.155. The maximum Gasteiger partial charge on any atom is 0.317 e. The lowest BCUT2D eigenvalue weighted by atomic mass is 9.65. The predicted octanol–water partition coefficient (Wildman–Crippen LogP) is 3.32. The smallest absolute Gasteiger partial charge is 0.317 e.